The van der Waals surface area contributed by atoms with Crippen molar-refractivity contribution in [3.8, 4) is 0 Å². The third kappa shape index (κ3) is 4.27. The van der Waals surface area contributed by atoms with Crippen molar-refractivity contribution in [1.82, 2.24) is 5.32 Å². The Morgan fingerprint density at radius 2 is 2.05 bits per heavy atom. The molecule has 0 heterocycles. The molecule has 1 N–H and O–H groups in total. The number of halogens is 1. The van der Waals surface area contributed by atoms with Crippen LogP contribution in [0.1, 0.15) is 55.5 Å². The topological polar surface area (TPSA) is 38.3 Å². The van der Waals surface area contributed by atoms with Gasteiger partial charge in [0.05, 0.1) is 12.7 Å². The van der Waals surface area contributed by atoms with Crippen LogP contribution in [-0.4, -0.2) is 19.1 Å². The van der Waals surface area contributed by atoms with Crippen molar-refractivity contribution in [2.45, 2.75) is 52.1 Å². The SMILES string of the molecule is COC(=O)c1ccc(CNC2CCC(C)(C)CC2)cc1F. The number of benzene rings is 1. The highest BCUT2D eigenvalue weighted by molar-refractivity contribution is 5.89. The highest BCUT2D eigenvalue weighted by Crippen LogP contribution is 2.35. The van der Waals surface area contributed by atoms with E-state index in [0.29, 0.717) is 18.0 Å². The first-order valence-electron chi connectivity index (χ1n) is 7.51. The predicted molar refractivity (Wildman–Crippen MR) is 80.6 cm³/mol. The van der Waals surface area contributed by atoms with Crippen LogP contribution in [0, 0.1) is 11.2 Å². The van der Waals surface area contributed by atoms with Crippen molar-refractivity contribution in [1.29, 1.82) is 0 Å². The number of methoxy groups -OCH3 is 1. The van der Waals surface area contributed by atoms with E-state index >= 15 is 0 Å². The number of ether oxygens (including phenoxy) is 1. The van der Waals surface area contributed by atoms with Gasteiger partial charge in [0, 0.05) is 12.6 Å². The molecule has 21 heavy (non-hydrogen) atoms. The second kappa shape index (κ2) is 6.56. The molecular weight excluding hydrogens is 269 g/mol. The molecule has 1 aromatic rings. The van der Waals surface area contributed by atoms with Crippen molar-refractivity contribution in [3.63, 3.8) is 0 Å². The highest BCUT2D eigenvalue weighted by Gasteiger charge is 2.26. The number of carbonyl (C=O) groups is 1. The van der Waals surface area contributed by atoms with Gasteiger partial charge in [-0.3, -0.25) is 0 Å². The molecule has 1 saturated carbocycles. The summed E-state index contributed by atoms with van der Waals surface area (Å²) in [5.74, 6) is -1.16. The third-order valence-electron chi connectivity index (χ3n) is 4.37. The molecule has 1 aliphatic rings. The number of esters is 1. The van der Waals surface area contributed by atoms with Gasteiger partial charge in [-0.1, -0.05) is 19.9 Å². The first-order valence-corrected chi connectivity index (χ1v) is 7.51. The van der Waals surface area contributed by atoms with Crippen molar-refractivity contribution >= 4 is 5.97 Å². The zero-order valence-electron chi connectivity index (χ0n) is 13.0. The van der Waals surface area contributed by atoms with E-state index in [-0.39, 0.29) is 5.56 Å². The Morgan fingerprint density at radius 3 is 2.62 bits per heavy atom. The molecule has 1 aliphatic carbocycles. The maximum absolute atomic E-state index is 13.8. The second-order valence-electron chi connectivity index (χ2n) is 6.63. The normalized spacial score (nSPS) is 18.5. The Bertz CT molecular complexity index is 504. The van der Waals surface area contributed by atoms with Gasteiger partial charge in [0.25, 0.3) is 0 Å². The summed E-state index contributed by atoms with van der Waals surface area (Å²) >= 11 is 0. The van der Waals surface area contributed by atoms with Gasteiger partial charge in [-0.05, 0) is 48.8 Å². The fraction of sp³-hybridized carbons (Fsp3) is 0.588. The van der Waals surface area contributed by atoms with Crippen LogP contribution in [0.5, 0.6) is 0 Å². The number of rotatable bonds is 4. The molecule has 2 rings (SSSR count). The van der Waals surface area contributed by atoms with E-state index in [1.54, 1.807) is 6.07 Å². The van der Waals surface area contributed by atoms with Crippen LogP contribution in [0.25, 0.3) is 0 Å². The molecule has 1 aromatic carbocycles. The van der Waals surface area contributed by atoms with Crippen LogP contribution in [0.4, 0.5) is 4.39 Å². The number of hydrogen-bond donors (Lipinski definition) is 1. The van der Waals surface area contributed by atoms with E-state index in [9.17, 15) is 9.18 Å². The van der Waals surface area contributed by atoms with E-state index in [1.165, 1.54) is 32.1 Å². The first-order chi connectivity index (χ1) is 9.91. The average molecular weight is 293 g/mol. The molecule has 0 bridgehead atoms. The van der Waals surface area contributed by atoms with Gasteiger partial charge in [0.2, 0.25) is 0 Å². The van der Waals surface area contributed by atoms with Crippen molar-refractivity contribution in [2.75, 3.05) is 7.11 Å². The van der Waals surface area contributed by atoms with Crippen LogP contribution in [-0.2, 0) is 11.3 Å². The summed E-state index contributed by atoms with van der Waals surface area (Å²) in [5, 5.41) is 3.48. The lowest BCUT2D eigenvalue weighted by Gasteiger charge is -2.34. The van der Waals surface area contributed by atoms with Gasteiger partial charge in [0.1, 0.15) is 5.82 Å². The summed E-state index contributed by atoms with van der Waals surface area (Å²) in [6.45, 7) is 5.25. The molecule has 4 heteroatoms. The molecule has 0 aromatic heterocycles. The maximum atomic E-state index is 13.8. The minimum atomic E-state index is -0.637. The van der Waals surface area contributed by atoms with Crippen LogP contribution >= 0.6 is 0 Å². The van der Waals surface area contributed by atoms with E-state index in [4.69, 9.17) is 0 Å². The quantitative estimate of drug-likeness (QED) is 0.861. The lowest BCUT2D eigenvalue weighted by atomic mass is 9.75. The molecule has 0 spiro atoms. The van der Waals surface area contributed by atoms with Gasteiger partial charge >= 0.3 is 5.97 Å². The smallest absolute Gasteiger partial charge is 0.340 e. The van der Waals surface area contributed by atoms with Gasteiger partial charge < -0.3 is 10.1 Å². The summed E-state index contributed by atoms with van der Waals surface area (Å²) in [4.78, 5) is 11.3. The van der Waals surface area contributed by atoms with Crippen LogP contribution in [0.3, 0.4) is 0 Å². The summed E-state index contributed by atoms with van der Waals surface area (Å²) in [6, 6.07) is 5.17. The standard InChI is InChI=1S/C17H24FNO2/c1-17(2)8-6-13(7-9-17)19-11-12-4-5-14(15(18)10-12)16(20)21-3/h4-5,10,13,19H,6-9,11H2,1-3H3. The van der Waals surface area contributed by atoms with Crippen LogP contribution in [0.15, 0.2) is 18.2 Å². The van der Waals surface area contributed by atoms with E-state index in [1.807, 2.05) is 0 Å². The fourth-order valence-corrected chi connectivity index (χ4v) is 2.81. The summed E-state index contributed by atoms with van der Waals surface area (Å²) in [5.41, 5.74) is 1.29. The Balaban J connectivity index is 1.89. The molecule has 0 saturated heterocycles. The monoisotopic (exact) mass is 293 g/mol. The van der Waals surface area contributed by atoms with Gasteiger partial charge in [-0.15, -0.1) is 0 Å². The summed E-state index contributed by atoms with van der Waals surface area (Å²) in [7, 11) is 1.25. The largest absolute Gasteiger partial charge is 0.465 e. The minimum Gasteiger partial charge on any atom is -0.465 e. The van der Waals surface area contributed by atoms with Gasteiger partial charge in [-0.2, -0.15) is 0 Å². The zero-order valence-corrected chi connectivity index (χ0v) is 13.0. The molecule has 0 aliphatic heterocycles. The molecular formula is C17H24FNO2. The molecule has 1 fully saturated rings. The summed E-state index contributed by atoms with van der Waals surface area (Å²) < 4.78 is 18.4. The average Bonchev–Trinajstić information content (AvgIpc) is 2.45. The van der Waals surface area contributed by atoms with Crippen molar-refractivity contribution in [2.24, 2.45) is 5.41 Å². The van der Waals surface area contributed by atoms with Crippen molar-refractivity contribution < 1.29 is 13.9 Å². The predicted octanol–water partition coefficient (Wildman–Crippen LogP) is 3.67. The van der Waals surface area contributed by atoms with Crippen LogP contribution < -0.4 is 5.32 Å². The molecule has 3 nitrogen and oxygen atoms in total. The molecule has 0 radical (unpaired) electrons. The molecule has 0 unspecified atom stereocenters. The lowest BCUT2D eigenvalue weighted by Crippen LogP contribution is -2.35. The summed E-state index contributed by atoms with van der Waals surface area (Å²) in [6.07, 6.45) is 4.77. The van der Waals surface area contributed by atoms with Crippen LogP contribution in [0.2, 0.25) is 0 Å². The zero-order chi connectivity index (χ0) is 15.5. The maximum Gasteiger partial charge on any atom is 0.340 e. The molecule has 0 amide bonds. The molecule has 116 valence electrons. The Kier molecular flexibility index (Phi) is 4.99. The Hall–Kier alpha value is -1.42. The number of hydrogen-bond acceptors (Lipinski definition) is 3. The Morgan fingerprint density at radius 1 is 1.38 bits per heavy atom. The molecule has 0 atom stereocenters. The number of carbonyl (C=O) groups excluding carboxylic acids is 1. The third-order valence-corrected chi connectivity index (χ3v) is 4.37. The number of nitrogens with one attached hydrogen (secondary N) is 1. The Labute approximate surface area is 125 Å². The van der Waals surface area contributed by atoms with E-state index in [2.05, 4.69) is 23.9 Å². The van der Waals surface area contributed by atoms with E-state index in [0.717, 1.165) is 18.4 Å². The lowest BCUT2D eigenvalue weighted by molar-refractivity contribution is 0.0595. The highest BCUT2D eigenvalue weighted by atomic mass is 19.1. The fourth-order valence-electron chi connectivity index (χ4n) is 2.81. The van der Waals surface area contributed by atoms with E-state index < -0.39 is 11.8 Å². The van der Waals surface area contributed by atoms with Gasteiger partial charge in [0.15, 0.2) is 0 Å². The second-order valence-corrected chi connectivity index (χ2v) is 6.63. The minimum absolute atomic E-state index is 0.0133. The first kappa shape index (κ1) is 16.0. The van der Waals surface area contributed by atoms with Gasteiger partial charge in [-0.25, -0.2) is 9.18 Å². The van der Waals surface area contributed by atoms with Crippen molar-refractivity contribution in [3.05, 3.63) is 35.1 Å².